The van der Waals surface area contributed by atoms with Crippen molar-refractivity contribution < 1.29 is 9.59 Å². The third-order valence-corrected chi connectivity index (χ3v) is 8.38. The van der Waals surface area contributed by atoms with Crippen molar-refractivity contribution >= 4 is 30.2 Å². The van der Waals surface area contributed by atoms with E-state index in [1.165, 1.54) is 23.1 Å². The first kappa shape index (κ1) is 30.0. The van der Waals surface area contributed by atoms with Gasteiger partial charge in [-0.1, -0.05) is 12.1 Å². The SMILES string of the molecule is CC(C)(N)C(=O)N1CCN(C(=O)Nc2ccn(-c3ccc(CCCN4CC5CC5(CN)C4)cc3)c(=O)n2)CC1.Cl. The number of hydrogen-bond acceptors (Lipinski definition) is 7. The number of benzene rings is 1. The largest absolute Gasteiger partial charge is 0.354 e. The summed E-state index contributed by atoms with van der Waals surface area (Å²) in [5.41, 5.74) is 12.8. The summed E-state index contributed by atoms with van der Waals surface area (Å²) in [4.78, 5) is 47.6. The number of aryl methyl sites for hydroxylation is 1. The Labute approximate surface area is 241 Å². The smallest absolute Gasteiger partial charge is 0.338 e. The zero-order valence-corrected chi connectivity index (χ0v) is 24.2. The number of fused-ring (bicyclic) bond motifs is 1. The number of piperidine rings is 1. The van der Waals surface area contributed by atoms with Gasteiger partial charge in [-0.05, 0) is 81.3 Å². The Kier molecular flexibility index (Phi) is 8.89. The first-order valence-corrected chi connectivity index (χ1v) is 13.8. The highest BCUT2D eigenvalue weighted by atomic mass is 35.5. The van der Waals surface area contributed by atoms with Gasteiger partial charge in [0.25, 0.3) is 0 Å². The third kappa shape index (κ3) is 6.49. The number of anilines is 1. The molecule has 0 radical (unpaired) electrons. The number of aromatic nitrogens is 2. The van der Waals surface area contributed by atoms with Crippen LogP contribution in [-0.4, -0.2) is 94.1 Å². The molecule has 0 spiro atoms. The zero-order valence-electron chi connectivity index (χ0n) is 23.3. The van der Waals surface area contributed by atoms with Gasteiger partial charge in [-0.25, -0.2) is 9.59 Å². The average Bonchev–Trinajstić information content (AvgIpc) is 3.48. The number of nitrogens with two attached hydrogens (primary N) is 2. The molecule has 1 aromatic heterocycles. The molecule has 5 N–H and O–H groups in total. The molecule has 3 heterocycles. The van der Waals surface area contributed by atoms with E-state index in [-0.39, 0.29) is 30.2 Å². The van der Waals surface area contributed by atoms with Crippen LogP contribution in [0.3, 0.4) is 0 Å². The van der Waals surface area contributed by atoms with Crippen LogP contribution in [0.5, 0.6) is 0 Å². The van der Waals surface area contributed by atoms with Crippen molar-refractivity contribution in [2.24, 2.45) is 22.8 Å². The van der Waals surface area contributed by atoms with E-state index in [9.17, 15) is 14.4 Å². The Morgan fingerprint density at radius 3 is 2.38 bits per heavy atom. The van der Waals surface area contributed by atoms with Crippen molar-refractivity contribution in [1.29, 1.82) is 0 Å². The molecular formula is C28H41ClN8O3. The monoisotopic (exact) mass is 572 g/mol. The van der Waals surface area contributed by atoms with Crippen LogP contribution in [0.1, 0.15) is 32.3 Å². The van der Waals surface area contributed by atoms with E-state index in [0.717, 1.165) is 44.1 Å². The van der Waals surface area contributed by atoms with Gasteiger partial charge in [0.15, 0.2) is 0 Å². The first-order chi connectivity index (χ1) is 18.6. The Balaban J connectivity index is 0.00000370. The van der Waals surface area contributed by atoms with Gasteiger partial charge in [0.2, 0.25) is 5.91 Å². The maximum atomic E-state index is 12.7. The van der Waals surface area contributed by atoms with Crippen LogP contribution in [0.15, 0.2) is 41.3 Å². The second kappa shape index (κ2) is 11.9. The standard InChI is InChI=1S/C28H40N8O3.ClH/c1-27(2,30)24(37)34-12-14-35(15-13-34)25(38)31-23-9-11-36(26(39)32-23)22-7-5-20(6-8-22)4-3-10-33-17-21-16-28(21,18-29)19-33;/h5-9,11,21H,3-4,10,12-19,29-30H2,1-2H3,(H,31,32,38,39);1H. The summed E-state index contributed by atoms with van der Waals surface area (Å²) in [6, 6.07) is 9.21. The third-order valence-electron chi connectivity index (χ3n) is 8.38. The predicted octanol–water partition coefficient (Wildman–Crippen LogP) is 1.28. The molecule has 1 aromatic carbocycles. The Bertz CT molecular complexity index is 1270. The van der Waals surface area contributed by atoms with E-state index in [1.807, 2.05) is 12.1 Å². The van der Waals surface area contributed by atoms with Crippen molar-refractivity contribution in [3.8, 4) is 5.69 Å². The van der Waals surface area contributed by atoms with Gasteiger partial charge in [0, 0.05) is 45.5 Å². The van der Waals surface area contributed by atoms with Crippen LogP contribution in [0.4, 0.5) is 10.6 Å². The zero-order chi connectivity index (χ0) is 27.8. The van der Waals surface area contributed by atoms with Gasteiger partial charge < -0.3 is 26.2 Å². The minimum absolute atomic E-state index is 0. The molecule has 12 heteroatoms. The predicted molar refractivity (Wildman–Crippen MR) is 157 cm³/mol. The molecule has 1 saturated carbocycles. The molecule has 5 rings (SSSR count). The molecule has 3 aliphatic rings. The number of nitrogens with zero attached hydrogens (tertiary/aromatic N) is 5. The molecule has 0 bridgehead atoms. The van der Waals surface area contributed by atoms with E-state index in [2.05, 4.69) is 27.3 Å². The van der Waals surface area contributed by atoms with Crippen LogP contribution in [0.25, 0.3) is 5.69 Å². The lowest BCUT2D eigenvalue weighted by atomic mass is 10.1. The van der Waals surface area contributed by atoms with Crippen LogP contribution in [0.2, 0.25) is 0 Å². The van der Waals surface area contributed by atoms with Crippen molar-refractivity contribution in [1.82, 2.24) is 24.3 Å². The number of nitrogens with one attached hydrogen (secondary N) is 1. The minimum atomic E-state index is -0.943. The maximum absolute atomic E-state index is 12.7. The Hall–Kier alpha value is -2.99. The summed E-state index contributed by atoms with van der Waals surface area (Å²) in [6.07, 6.45) is 5.00. The topological polar surface area (TPSA) is 143 Å². The molecule has 2 aromatic rings. The van der Waals surface area contributed by atoms with E-state index < -0.39 is 11.2 Å². The number of likely N-dealkylation sites (tertiary alicyclic amines) is 1. The number of rotatable bonds is 8. The number of amides is 3. The highest BCUT2D eigenvalue weighted by Crippen LogP contribution is 2.56. The molecule has 2 aliphatic heterocycles. The Morgan fingerprint density at radius 2 is 1.77 bits per heavy atom. The fourth-order valence-electron chi connectivity index (χ4n) is 5.90. The van der Waals surface area contributed by atoms with Crippen LogP contribution in [0, 0.1) is 11.3 Å². The number of hydrogen-bond donors (Lipinski definition) is 3. The lowest BCUT2D eigenvalue weighted by Gasteiger charge is -2.37. The molecule has 2 atom stereocenters. The fraction of sp³-hybridized carbons (Fsp3) is 0.571. The first-order valence-electron chi connectivity index (χ1n) is 13.8. The molecule has 2 saturated heterocycles. The van der Waals surface area contributed by atoms with Crippen LogP contribution < -0.4 is 22.5 Å². The van der Waals surface area contributed by atoms with Gasteiger partial charge in [0.1, 0.15) is 5.82 Å². The summed E-state index contributed by atoms with van der Waals surface area (Å²) in [5.74, 6) is 0.862. The van der Waals surface area contributed by atoms with E-state index in [0.29, 0.717) is 31.6 Å². The fourth-order valence-corrected chi connectivity index (χ4v) is 5.90. The minimum Gasteiger partial charge on any atom is -0.338 e. The van der Waals surface area contributed by atoms with E-state index in [4.69, 9.17) is 11.5 Å². The quantitative estimate of drug-likeness (QED) is 0.432. The lowest BCUT2D eigenvalue weighted by Crippen LogP contribution is -2.58. The second-order valence-corrected chi connectivity index (χ2v) is 11.9. The van der Waals surface area contributed by atoms with Crippen LogP contribution in [-0.2, 0) is 11.2 Å². The molecule has 2 unspecified atom stereocenters. The van der Waals surface area contributed by atoms with E-state index >= 15 is 0 Å². The van der Waals surface area contributed by atoms with Gasteiger partial charge >= 0.3 is 11.7 Å². The maximum Gasteiger partial charge on any atom is 0.354 e. The Morgan fingerprint density at radius 1 is 1.10 bits per heavy atom. The van der Waals surface area contributed by atoms with Crippen molar-refractivity contribution in [2.45, 2.75) is 38.6 Å². The number of halogens is 1. The molecule has 3 amide bonds. The molecule has 3 fully saturated rings. The van der Waals surface area contributed by atoms with Gasteiger partial charge in [-0.2, -0.15) is 4.98 Å². The number of urea groups is 1. The van der Waals surface area contributed by atoms with Crippen LogP contribution >= 0.6 is 12.4 Å². The van der Waals surface area contributed by atoms with Crippen molar-refractivity contribution in [2.75, 3.05) is 57.7 Å². The molecule has 40 heavy (non-hydrogen) atoms. The normalized spacial score (nSPS) is 22.4. The average molecular weight is 573 g/mol. The second-order valence-electron chi connectivity index (χ2n) is 11.9. The molecular weight excluding hydrogens is 532 g/mol. The van der Waals surface area contributed by atoms with Gasteiger partial charge in [-0.15, -0.1) is 12.4 Å². The number of piperazine rings is 1. The van der Waals surface area contributed by atoms with Gasteiger partial charge in [0.05, 0.1) is 11.2 Å². The highest BCUT2D eigenvalue weighted by molar-refractivity contribution is 5.89. The van der Waals surface area contributed by atoms with E-state index in [1.54, 1.807) is 35.9 Å². The summed E-state index contributed by atoms with van der Waals surface area (Å²) < 4.78 is 1.46. The van der Waals surface area contributed by atoms with Crippen molar-refractivity contribution in [3.05, 3.63) is 52.6 Å². The number of carbonyl (C=O) groups is 2. The summed E-state index contributed by atoms with van der Waals surface area (Å²) in [6.45, 7) is 9.16. The van der Waals surface area contributed by atoms with Gasteiger partial charge in [-0.3, -0.25) is 14.7 Å². The summed E-state index contributed by atoms with van der Waals surface area (Å²) in [7, 11) is 0. The lowest BCUT2D eigenvalue weighted by molar-refractivity contribution is -0.137. The number of carbonyl (C=O) groups excluding carboxylic acids is 2. The molecule has 11 nitrogen and oxygen atoms in total. The summed E-state index contributed by atoms with van der Waals surface area (Å²) in [5, 5.41) is 2.70. The molecule has 218 valence electrons. The van der Waals surface area contributed by atoms with Crippen molar-refractivity contribution in [3.63, 3.8) is 0 Å². The summed E-state index contributed by atoms with van der Waals surface area (Å²) >= 11 is 0. The molecule has 1 aliphatic carbocycles. The highest BCUT2D eigenvalue weighted by Gasteiger charge is 2.58.